The van der Waals surface area contributed by atoms with Gasteiger partial charge >= 0.3 is 0 Å². The summed E-state index contributed by atoms with van der Waals surface area (Å²) in [6.07, 6.45) is 3.91. The molecule has 0 aliphatic carbocycles. The molecule has 2 aliphatic rings. The van der Waals surface area contributed by atoms with Crippen LogP contribution >= 0.6 is 0 Å². The third-order valence-electron chi connectivity index (χ3n) is 6.91. The standard InChI is InChI=1S/C26H35N3O3S/c1-20-8-6-16-28(18-20)24-14-12-22(13-15-24)21(2)27-26(30)23-9-7-17-29(19-23)33(31,32)25-10-4-3-5-11-25/h3-5,10-15,20-21,23H,6-9,16-19H2,1-2H3,(H,27,30)/t20-,21-,23-/m1/s1. The van der Waals surface area contributed by atoms with E-state index in [9.17, 15) is 13.2 Å². The first-order chi connectivity index (χ1) is 15.8. The third-order valence-corrected chi connectivity index (χ3v) is 8.79. The fourth-order valence-electron chi connectivity index (χ4n) is 4.93. The summed E-state index contributed by atoms with van der Waals surface area (Å²) in [5.41, 5.74) is 2.29. The first-order valence-electron chi connectivity index (χ1n) is 12.0. The minimum Gasteiger partial charge on any atom is -0.371 e. The van der Waals surface area contributed by atoms with E-state index in [1.807, 2.05) is 6.92 Å². The number of amides is 1. The Kier molecular flexibility index (Phi) is 7.39. The van der Waals surface area contributed by atoms with Gasteiger partial charge in [0.2, 0.25) is 15.9 Å². The van der Waals surface area contributed by atoms with Crippen LogP contribution in [0.4, 0.5) is 5.69 Å². The SMILES string of the molecule is C[C@@H]1CCCN(c2ccc([C@@H](C)NC(=O)[C@@H]3CCCN(S(=O)(=O)c4ccccc4)C3)cc2)C1. The van der Waals surface area contributed by atoms with E-state index in [4.69, 9.17) is 0 Å². The van der Waals surface area contributed by atoms with E-state index < -0.39 is 10.0 Å². The maximum Gasteiger partial charge on any atom is 0.243 e. The molecule has 6 nitrogen and oxygen atoms in total. The monoisotopic (exact) mass is 469 g/mol. The van der Waals surface area contributed by atoms with Crippen LogP contribution in [0.15, 0.2) is 59.5 Å². The van der Waals surface area contributed by atoms with Crippen LogP contribution in [-0.4, -0.2) is 44.8 Å². The van der Waals surface area contributed by atoms with Crippen molar-refractivity contribution in [3.8, 4) is 0 Å². The number of hydrogen-bond donors (Lipinski definition) is 1. The quantitative estimate of drug-likeness (QED) is 0.688. The van der Waals surface area contributed by atoms with Crippen molar-refractivity contribution in [2.45, 2.75) is 50.5 Å². The summed E-state index contributed by atoms with van der Waals surface area (Å²) in [5, 5.41) is 3.11. The summed E-state index contributed by atoms with van der Waals surface area (Å²) < 4.78 is 27.4. The largest absolute Gasteiger partial charge is 0.371 e. The van der Waals surface area contributed by atoms with Crippen LogP contribution in [-0.2, 0) is 14.8 Å². The molecule has 0 radical (unpaired) electrons. The Morgan fingerprint density at radius 2 is 1.67 bits per heavy atom. The topological polar surface area (TPSA) is 69.7 Å². The molecule has 3 atom stereocenters. The van der Waals surface area contributed by atoms with Crippen molar-refractivity contribution in [2.24, 2.45) is 11.8 Å². The lowest BCUT2D eigenvalue weighted by Gasteiger charge is -2.33. The minimum absolute atomic E-state index is 0.0793. The van der Waals surface area contributed by atoms with Crippen LogP contribution in [0.1, 0.15) is 51.1 Å². The van der Waals surface area contributed by atoms with Crippen molar-refractivity contribution in [3.63, 3.8) is 0 Å². The molecule has 0 unspecified atom stereocenters. The number of nitrogens with one attached hydrogen (secondary N) is 1. The number of benzene rings is 2. The number of anilines is 1. The molecule has 7 heteroatoms. The Balaban J connectivity index is 1.36. The number of nitrogens with zero attached hydrogens (tertiary/aromatic N) is 2. The molecule has 2 fully saturated rings. The predicted octanol–water partition coefficient (Wildman–Crippen LogP) is 4.20. The van der Waals surface area contributed by atoms with E-state index in [1.165, 1.54) is 22.8 Å². The molecule has 2 aliphatic heterocycles. The fraction of sp³-hybridized carbons (Fsp3) is 0.500. The molecule has 2 heterocycles. The van der Waals surface area contributed by atoms with Crippen LogP contribution < -0.4 is 10.2 Å². The molecule has 2 saturated heterocycles. The zero-order valence-electron chi connectivity index (χ0n) is 19.6. The molecule has 0 bridgehead atoms. The van der Waals surface area contributed by atoms with Gasteiger partial charge < -0.3 is 10.2 Å². The van der Waals surface area contributed by atoms with Gasteiger partial charge in [-0.1, -0.05) is 37.3 Å². The normalized spacial score (nSPS) is 23.2. The van der Waals surface area contributed by atoms with E-state index in [0.29, 0.717) is 19.4 Å². The zero-order chi connectivity index (χ0) is 23.4. The van der Waals surface area contributed by atoms with Crippen molar-refractivity contribution < 1.29 is 13.2 Å². The van der Waals surface area contributed by atoms with Gasteiger partial charge in [-0.25, -0.2) is 8.42 Å². The molecule has 1 N–H and O–H groups in total. The van der Waals surface area contributed by atoms with Crippen LogP contribution in [0, 0.1) is 11.8 Å². The fourth-order valence-corrected chi connectivity index (χ4v) is 6.47. The maximum absolute atomic E-state index is 13.0. The summed E-state index contributed by atoms with van der Waals surface area (Å²) in [4.78, 5) is 15.7. The zero-order valence-corrected chi connectivity index (χ0v) is 20.4. The van der Waals surface area contributed by atoms with Gasteiger partial charge in [0, 0.05) is 31.9 Å². The Labute approximate surface area is 198 Å². The maximum atomic E-state index is 13.0. The van der Waals surface area contributed by atoms with Crippen LogP contribution in [0.25, 0.3) is 0 Å². The number of carbonyl (C=O) groups is 1. The smallest absolute Gasteiger partial charge is 0.243 e. The highest BCUT2D eigenvalue weighted by Crippen LogP contribution is 2.26. The van der Waals surface area contributed by atoms with Crippen molar-refractivity contribution in [1.29, 1.82) is 0 Å². The van der Waals surface area contributed by atoms with E-state index >= 15 is 0 Å². The van der Waals surface area contributed by atoms with E-state index in [0.717, 1.165) is 24.6 Å². The Bertz CT molecular complexity index is 1040. The molecule has 33 heavy (non-hydrogen) atoms. The number of rotatable bonds is 6. The van der Waals surface area contributed by atoms with Crippen molar-refractivity contribution in [1.82, 2.24) is 9.62 Å². The van der Waals surface area contributed by atoms with Crippen molar-refractivity contribution >= 4 is 21.6 Å². The molecular formula is C26H35N3O3S. The van der Waals surface area contributed by atoms with Crippen LogP contribution in [0.5, 0.6) is 0 Å². The summed E-state index contributed by atoms with van der Waals surface area (Å²) in [6, 6.07) is 16.8. The molecule has 0 saturated carbocycles. The number of hydrogen-bond acceptors (Lipinski definition) is 4. The number of carbonyl (C=O) groups excluding carboxylic acids is 1. The Morgan fingerprint density at radius 3 is 2.36 bits per heavy atom. The van der Waals surface area contributed by atoms with Gasteiger partial charge in [-0.3, -0.25) is 4.79 Å². The van der Waals surface area contributed by atoms with Crippen molar-refractivity contribution in [3.05, 3.63) is 60.2 Å². The molecule has 178 valence electrons. The average molecular weight is 470 g/mol. The van der Waals surface area contributed by atoms with Gasteiger partial charge in [-0.2, -0.15) is 4.31 Å². The molecule has 0 spiro atoms. The lowest BCUT2D eigenvalue weighted by atomic mass is 9.97. The van der Waals surface area contributed by atoms with Crippen LogP contribution in [0.3, 0.4) is 0 Å². The molecule has 1 amide bonds. The van der Waals surface area contributed by atoms with E-state index in [1.54, 1.807) is 30.3 Å². The second-order valence-electron chi connectivity index (χ2n) is 9.53. The number of piperidine rings is 2. The molecule has 0 aromatic heterocycles. The Morgan fingerprint density at radius 1 is 0.970 bits per heavy atom. The van der Waals surface area contributed by atoms with Gasteiger partial charge in [0.25, 0.3) is 0 Å². The van der Waals surface area contributed by atoms with Gasteiger partial charge in [0.1, 0.15) is 0 Å². The van der Waals surface area contributed by atoms with Gasteiger partial charge in [0.05, 0.1) is 16.9 Å². The van der Waals surface area contributed by atoms with E-state index in [-0.39, 0.29) is 29.3 Å². The first kappa shape index (κ1) is 23.8. The molecule has 4 rings (SSSR count). The summed E-state index contributed by atoms with van der Waals surface area (Å²) in [7, 11) is -3.58. The van der Waals surface area contributed by atoms with Gasteiger partial charge in [-0.05, 0) is 68.4 Å². The lowest BCUT2D eigenvalue weighted by molar-refractivity contribution is -0.126. The minimum atomic E-state index is -3.58. The summed E-state index contributed by atoms with van der Waals surface area (Å²) in [6.45, 7) is 7.15. The second kappa shape index (κ2) is 10.3. The summed E-state index contributed by atoms with van der Waals surface area (Å²) >= 11 is 0. The second-order valence-corrected chi connectivity index (χ2v) is 11.5. The average Bonchev–Trinajstić information content (AvgIpc) is 2.84. The lowest BCUT2D eigenvalue weighted by Crippen LogP contribution is -2.45. The van der Waals surface area contributed by atoms with Gasteiger partial charge in [0.15, 0.2) is 0 Å². The predicted molar refractivity (Wildman–Crippen MR) is 132 cm³/mol. The van der Waals surface area contributed by atoms with Gasteiger partial charge in [-0.15, -0.1) is 0 Å². The highest BCUT2D eigenvalue weighted by molar-refractivity contribution is 7.89. The molecule has 2 aromatic rings. The Hall–Kier alpha value is -2.38. The number of sulfonamides is 1. The van der Waals surface area contributed by atoms with Crippen molar-refractivity contribution in [2.75, 3.05) is 31.1 Å². The third kappa shape index (κ3) is 5.58. The molecular weight excluding hydrogens is 434 g/mol. The van der Waals surface area contributed by atoms with E-state index in [2.05, 4.69) is 41.4 Å². The highest BCUT2D eigenvalue weighted by Gasteiger charge is 2.33. The first-order valence-corrected chi connectivity index (χ1v) is 13.5. The molecule has 2 aromatic carbocycles. The summed E-state index contributed by atoms with van der Waals surface area (Å²) in [5.74, 6) is 0.301. The highest BCUT2D eigenvalue weighted by atomic mass is 32.2. The van der Waals surface area contributed by atoms with Crippen LogP contribution in [0.2, 0.25) is 0 Å².